The molecule has 11 nitrogen and oxygen atoms in total. The summed E-state index contributed by atoms with van der Waals surface area (Å²) >= 11 is 0. The van der Waals surface area contributed by atoms with Crippen LogP contribution < -0.4 is 10.6 Å². The Morgan fingerprint density at radius 3 is 2.80 bits per heavy atom. The van der Waals surface area contributed by atoms with E-state index in [2.05, 4.69) is 32.5 Å². The molecule has 0 aromatic carbocycles. The third-order valence-corrected chi connectivity index (χ3v) is 8.68. The van der Waals surface area contributed by atoms with Gasteiger partial charge in [0, 0.05) is 44.7 Å². The third kappa shape index (κ3) is 3.79. The summed E-state index contributed by atoms with van der Waals surface area (Å²) in [5.74, 6) is 1.05. The summed E-state index contributed by atoms with van der Waals surface area (Å²) in [5.41, 5.74) is 1.99. The Morgan fingerprint density at radius 2 is 2.00 bits per heavy atom. The third-order valence-electron chi connectivity index (χ3n) is 8.68. The molecular formula is C29H29N7O4. The van der Waals surface area contributed by atoms with Crippen molar-refractivity contribution >= 4 is 35.6 Å². The van der Waals surface area contributed by atoms with Crippen LogP contribution in [0, 0.1) is 11.3 Å². The van der Waals surface area contributed by atoms with E-state index in [1.807, 2.05) is 18.3 Å². The van der Waals surface area contributed by atoms with E-state index < -0.39 is 11.0 Å². The van der Waals surface area contributed by atoms with Crippen LogP contribution in [0.5, 0.6) is 0 Å². The van der Waals surface area contributed by atoms with Crippen LogP contribution in [0.4, 0.5) is 5.82 Å². The topological polar surface area (TPSA) is 138 Å². The van der Waals surface area contributed by atoms with E-state index in [0.29, 0.717) is 62.1 Å². The molecule has 1 aliphatic carbocycles. The molecule has 0 radical (unpaired) electrons. The molecule has 0 bridgehead atoms. The molecule has 2 atom stereocenters. The number of anilines is 1. The molecule has 1 fully saturated rings. The maximum Gasteiger partial charge on any atom is 0.256 e. The highest BCUT2D eigenvalue weighted by molar-refractivity contribution is 6.16. The molecule has 2 N–H and O–H groups in total. The Labute approximate surface area is 230 Å². The minimum atomic E-state index is -0.929. The van der Waals surface area contributed by atoms with E-state index in [1.54, 1.807) is 24.5 Å². The van der Waals surface area contributed by atoms with Crippen LogP contribution in [0.3, 0.4) is 0 Å². The predicted octanol–water partition coefficient (Wildman–Crippen LogP) is 1.79. The Kier molecular flexibility index (Phi) is 5.67. The van der Waals surface area contributed by atoms with Crippen molar-refractivity contribution in [2.45, 2.75) is 44.6 Å². The average Bonchev–Trinajstić information content (AvgIpc) is 3.56. The highest BCUT2D eigenvalue weighted by Crippen LogP contribution is 2.51. The molecule has 2 aromatic rings. The standard InChI is InChI=1S/C29H29N7O4/c1-17-5-9-31-24-23(17)28(26(38)34-24)13-18-12-21(32-15-19(18)14-28)33-22(37)16-36-25(20-4-2-3-8-30-20)35-29(27(36)39)6-10-40-11-7-29/h2-4,8-9,12,15,17H,5-7,10-11,13-14,16H2,1H3,(H,34,38)(H,32,33,37). The Bertz CT molecular complexity index is 1530. The molecule has 7 rings (SSSR count). The van der Waals surface area contributed by atoms with Gasteiger partial charge in [-0.2, -0.15) is 0 Å². The fourth-order valence-electron chi connectivity index (χ4n) is 6.71. The van der Waals surface area contributed by atoms with Crippen molar-refractivity contribution in [2.75, 3.05) is 25.1 Å². The fourth-order valence-corrected chi connectivity index (χ4v) is 6.71. The zero-order valence-electron chi connectivity index (χ0n) is 22.1. The normalized spacial score (nSPS) is 26.3. The number of fused-ring (bicyclic) bond motifs is 2. The van der Waals surface area contributed by atoms with Crippen molar-refractivity contribution in [3.8, 4) is 0 Å². The summed E-state index contributed by atoms with van der Waals surface area (Å²) in [6.07, 6.45) is 8.06. The SMILES string of the molecule is CC1CC=NC2=C1C1(Cc3cnc(NC(=O)CN4C(=O)C5(CCOCC5)N=C4c4ccccn4)cc3C1)C(=O)N2. The van der Waals surface area contributed by atoms with Gasteiger partial charge < -0.3 is 15.4 Å². The Balaban J connectivity index is 1.11. The van der Waals surface area contributed by atoms with Gasteiger partial charge in [-0.1, -0.05) is 13.0 Å². The Morgan fingerprint density at radius 1 is 1.18 bits per heavy atom. The molecule has 40 heavy (non-hydrogen) atoms. The molecule has 4 aliphatic heterocycles. The van der Waals surface area contributed by atoms with E-state index in [0.717, 1.165) is 23.1 Å². The number of rotatable bonds is 4. The maximum absolute atomic E-state index is 13.6. The molecule has 1 saturated heterocycles. The number of pyridine rings is 2. The molecule has 11 heteroatoms. The van der Waals surface area contributed by atoms with Crippen LogP contribution in [0.1, 0.15) is 43.0 Å². The van der Waals surface area contributed by atoms with Gasteiger partial charge in [-0.15, -0.1) is 0 Å². The van der Waals surface area contributed by atoms with Gasteiger partial charge in [0.15, 0.2) is 5.84 Å². The van der Waals surface area contributed by atoms with Gasteiger partial charge >= 0.3 is 0 Å². The summed E-state index contributed by atoms with van der Waals surface area (Å²) in [6.45, 7) is 2.79. The van der Waals surface area contributed by atoms with Gasteiger partial charge in [0.05, 0.1) is 5.41 Å². The van der Waals surface area contributed by atoms with E-state index in [9.17, 15) is 14.4 Å². The van der Waals surface area contributed by atoms with Crippen molar-refractivity contribution in [3.05, 3.63) is 64.9 Å². The van der Waals surface area contributed by atoms with Crippen molar-refractivity contribution in [2.24, 2.45) is 21.3 Å². The molecule has 5 aliphatic rings. The number of carbonyl (C=O) groups is 3. The lowest BCUT2D eigenvalue weighted by atomic mass is 9.72. The van der Waals surface area contributed by atoms with Gasteiger partial charge in [-0.05, 0) is 60.1 Å². The lowest BCUT2D eigenvalue weighted by Gasteiger charge is -2.29. The van der Waals surface area contributed by atoms with Crippen LogP contribution in [-0.2, 0) is 32.0 Å². The number of carbonyl (C=O) groups excluding carboxylic acids is 3. The number of amidine groups is 1. The van der Waals surface area contributed by atoms with Crippen molar-refractivity contribution in [3.63, 3.8) is 0 Å². The van der Waals surface area contributed by atoms with Gasteiger partial charge in [0.1, 0.15) is 29.4 Å². The molecule has 204 valence electrons. The molecule has 2 spiro atoms. The van der Waals surface area contributed by atoms with Crippen LogP contribution >= 0.6 is 0 Å². The smallest absolute Gasteiger partial charge is 0.256 e. The fraction of sp³-hybridized carbons (Fsp3) is 0.414. The summed E-state index contributed by atoms with van der Waals surface area (Å²) < 4.78 is 5.48. The minimum absolute atomic E-state index is 0.0267. The summed E-state index contributed by atoms with van der Waals surface area (Å²) in [6, 6.07) is 7.24. The number of aromatic nitrogens is 2. The molecular weight excluding hydrogens is 510 g/mol. The first-order valence-electron chi connectivity index (χ1n) is 13.7. The Hall–Kier alpha value is -4.25. The van der Waals surface area contributed by atoms with E-state index in [4.69, 9.17) is 9.73 Å². The highest BCUT2D eigenvalue weighted by Gasteiger charge is 2.54. The second-order valence-electron chi connectivity index (χ2n) is 11.2. The average molecular weight is 540 g/mol. The van der Waals surface area contributed by atoms with Crippen molar-refractivity contribution < 1.29 is 19.1 Å². The van der Waals surface area contributed by atoms with Crippen molar-refractivity contribution in [1.29, 1.82) is 0 Å². The zero-order valence-corrected chi connectivity index (χ0v) is 22.1. The summed E-state index contributed by atoms with van der Waals surface area (Å²) in [7, 11) is 0. The molecule has 2 unspecified atom stereocenters. The first-order valence-corrected chi connectivity index (χ1v) is 13.7. The minimum Gasteiger partial charge on any atom is -0.381 e. The zero-order chi connectivity index (χ0) is 27.5. The number of nitrogens with one attached hydrogen (secondary N) is 2. The molecule has 0 saturated carbocycles. The van der Waals surface area contributed by atoms with Crippen molar-refractivity contribution in [1.82, 2.24) is 20.2 Å². The highest BCUT2D eigenvalue weighted by atomic mass is 16.5. The summed E-state index contributed by atoms with van der Waals surface area (Å²) in [5, 5.41) is 5.84. The number of nitrogens with zero attached hydrogens (tertiary/aromatic N) is 5. The molecule has 3 amide bonds. The second kappa shape index (κ2) is 9.16. The second-order valence-corrected chi connectivity index (χ2v) is 11.2. The lowest BCUT2D eigenvalue weighted by Crippen LogP contribution is -2.48. The summed E-state index contributed by atoms with van der Waals surface area (Å²) in [4.78, 5) is 59.6. The monoisotopic (exact) mass is 539 g/mol. The van der Waals surface area contributed by atoms with Crippen LogP contribution in [0.15, 0.2) is 58.0 Å². The van der Waals surface area contributed by atoms with Gasteiger partial charge in [-0.25, -0.2) is 15.0 Å². The van der Waals surface area contributed by atoms with Gasteiger partial charge in [0.25, 0.3) is 5.91 Å². The lowest BCUT2D eigenvalue weighted by molar-refractivity contribution is -0.136. The first-order chi connectivity index (χ1) is 19.4. The number of aliphatic imine (C=N–C) groups is 2. The van der Waals surface area contributed by atoms with Crippen LogP contribution in [-0.4, -0.2) is 69.9 Å². The van der Waals surface area contributed by atoms with Crippen LogP contribution in [0.25, 0.3) is 0 Å². The number of amides is 3. The van der Waals surface area contributed by atoms with E-state index in [-0.39, 0.29) is 30.2 Å². The quantitative estimate of drug-likeness (QED) is 0.608. The predicted molar refractivity (Wildman–Crippen MR) is 145 cm³/mol. The van der Waals surface area contributed by atoms with Gasteiger partial charge in [-0.3, -0.25) is 24.3 Å². The first kappa shape index (κ1) is 24.8. The maximum atomic E-state index is 13.6. The van der Waals surface area contributed by atoms with Crippen LogP contribution in [0.2, 0.25) is 0 Å². The number of hydrogen-bond acceptors (Lipinski definition) is 8. The number of ether oxygens (including phenoxy) is 1. The van der Waals surface area contributed by atoms with Gasteiger partial charge in [0.2, 0.25) is 11.8 Å². The van der Waals surface area contributed by atoms with E-state index in [1.165, 1.54) is 4.90 Å². The number of hydrogen-bond donors (Lipinski definition) is 2. The molecule has 6 heterocycles. The molecule has 2 aromatic heterocycles. The largest absolute Gasteiger partial charge is 0.381 e. The van der Waals surface area contributed by atoms with E-state index >= 15 is 0 Å².